The molecule has 0 bridgehead atoms. The smallest absolute Gasteiger partial charge is 0.323 e. The van der Waals surface area contributed by atoms with Crippen LogP contribution < -0.4 is 5.73 Å². The van der Waals surface area contributed by atoms with Gasteiger partial charge >= 0.3 is 5.97 Å². The van der Waals surface area contributed by atoms with Crippen LogP contribution in [-0.4, -0.2) is 41.1 Å². The van der Waals surface area contributed by atoms with E-state index in [1.807, 2.05) is 0 Å². The first-order valence-electron chi connectivity index (χ1n) is 8.20. The van der Waals surface area contributed by atoms with Crippen molar-refractivity contribution in [1.82, 2.24) is 4.90 Å². The lowest BCUT2D eigenvalue weighted by molar-refractivity contribution is -0.144. The molecule has 1 aliphatic carbocycles. The number of hydrogen-bond acceptors (Lipinski definition) is 3. The molecule has 1 heterocycles. The second-order valence-corrected chi connectivity index (χ2v) is 6.96. The fourth-order valence-electron chi connectivity index (χ4n) is 4.17. The Bertz CT molecular complexity index is 354. The number of likely N-dealkylation sites (tertiary alicyclic amines) is 1. The first kappa shape index (κ1) is 15.8. The standard InChI is InChI=1S/C16H30N2O2/c1-3-15(4-2)9-11-18(12-15)10-7-13-6-5-8-16(13,17)14(19)20/h13H,3-12,17H2,1-2H3,(H,19,20). The fourth-order valence-corrected chi connectivity index (χ4v) is 4.17. The number of rotatable bonds is 6. The number of nitrogens with zero attached hydrogens (tertiary/aromatic N) is 1. The van der Waals surface area contributed by atoms with E-state index in [0.717, 1.165) is 25.8 Å². The van der Waals surface area contributed by atoms with Gasteiger partial charge in [0.05, 0.1) is 0 Å². The van der Waals surface area contributed by atoms with Crippen LogP contribution in [0.15, 0.2) is 0 Å². The Balaban J connectivity index is 1.86. The lowest BCUT2D eigenvalue weighted by Gasteiger charge is -2.30. The number of carboxylic acid groups (broad SMARTS) is 1. The maximum absolute atomic E-state index is 11.4. The maximum Gasteiger partial charge on any atom is 0.323 e. The van der Waals surface area contributed by atoms with Crippen LogP contribution >= 0.6 is 0 Å². The van der Waals surface area contributed by atoms with Crippen LogP contribution in [0.2, 0.25) is 0 Å². The molecule has 20 heavy (non-hydrogen) atoms. The Morgan fingerprint density at radius 3 is 2.60 bits per heavy atom. The largest absolute Gasteiger partial charge is 0.480 e. The van der Waals surface area contributed by atoms with Crippen LogP contribution in [0.4, 0.5) is 0 Å². The summed E-state index contributed by atoms with van der Waals surface area (Å²) in [5.41, 5.74) is 5.65. The lowest BCUT2D eigenvalue weighted by atomic mass is 9.82. The van der Waals surface area contributed by atoms with Gasteiger partial charge in [-0.1, -0.05) is 20.3 Å². The van der Waals surface area contributed by atoms with E-state index in [-0.39, 0.29) is 5.92 Å². The zero-order chi connectivity index (χ0) is 14.8. The molecule has 2 unspecified atom stereocenters. The van der Waals surface area contributed by atoms with Crippen molar-refractivity contribution in [3.63, 3.8) is 0 Å². The molecule has 116 valence electrons. The molecule has 1 saturated heterocycles. The van der Waals surface area contributed by atoms with E-state index in [1.54, 1.807) is 0 Å². The van der Waals surface area contributed by atoms with Crippen molar-refractivity contribution in [3.8, 4) is 0 Å². The Kier molecular flexibility index (Phi) is 4.75. The summed E-state index contributed by atoms with van der Waals surface area (Å²) in [7, 11) is 0. The zero-order valence-electron chi connectivity index (χ0n) is 13.0. The van der Waals surface area contributed by atoms with Gasteiger partial charge in [-0.2, -0.15) is 0 Å². The van der Waals surface area contributed by atoms with E-state index in [0.29, 0.717) is 11.8 Å². The summed E-state index contributed by atoms with van der Waals surface area (Å²) in [6.07, 6.45) is 7.30. The quantitative estimate of drug-likeness (QED) is 0.785. The first-order chi connectivity index (χ1) is 9.46. The van der Waals surface area contributed by atoms with Gasteiger partial charge in [-0.25, -0.2) is 0 Å². The molecule has 0 aromatic carbocycles. The molecule has 2 fully saturated rings. The highest BCUT2D eigenvalue weighted by Gasteiger charge is 2.46. The summed E-state index contributed by atoms with van der Waals surface area (Å²) in [6, 6.07) is 0. The normalized spacial score (nSPS) is 33.6. The molecule has 2 aliphatic rings. The summed E-state index contributed by atoms with van der Waals surface area (Å²) < 4.78 is 0. The van der Waals surface area contributed by atoms with Gasteiger partial charge in [-0.05, 0) is 62.9 Å². The second-order valence-electron chi connectivity index (χ2n) is 6.96. The third-order valence-electron chi connectivity index (χ3n) is 6.08. The average molecular weight is 282 g/mol. The summed E-state index contributed by atoms with van der Waals surface area (Å²) in [5.74, 6) is -0.656. The monoisotopic (exact) mass is 282 g/mol. The Morgan fingerprint density at radius 2 is 2.05 bits per heavy atom. The minimum atomic E-state index is -0.966. The Morgan fingerprint density at radius 1 is 1.35 bits per heavy atom. The maximum atomic E-state index is 11.4. The summed E-state index contributed by atoms with van der Waals surface area (Å²) >= 11 is 0. The first-order valence-corrected chi connectivity index (χ1v) is 8.20. The minimum Gasteiger partial charge on any atom is -0.480 e. The minimum absolute atomic E-state index is 0.151. The SMILES string of the molecule is CCC1(CC)CCN(CCC2CCCC2(N)C(=O)O)C1. The molecule has 4 heteroatoms. The van der Waals surface area contributed by atoms with E-state index in [1.165, 1.54) is 32.4 Å². The van der Waals surface area contributed by atoms with Crippen LogP contribution in [0, 0.1) is 11.3 Å². The summed E-state index contributed by atoms with van der Waals surface area (Å²) in [6.45, 7) is 7.94. The highest BCUT2D eigenvalue weighted by atomic mass is 16.4. The molecule has 0 aromatic heterocycles. The molecule has 0 aromatic rings. The topological polar surface area (TPSA) is 66.6 Å². The number of carbonyl (C=O) groups is 1. The fraction of sp³-hybridized carbons (Fsp3) is 0.938. The van der Waals surface area contributed by atoms with Crippen molar-refractivity contribution in [2.75, 3.05) is 19.6 Å². The van der Waals surface area contributed by atoms with E-state index in [4.69, 9.17) is 5.73 Å². The molecule has 1 aliphatic heterocycles. The third-order valence-corrected chi connectivity index (χ3v) is 6.08. The summed E-state index contributed by atoms with van der Waals surface area (Å²) in [4.78, 5) is 13.9. The number of nitrogens with two attached hydrogens (primary N) is 1. The van der Waals surface area contributed by atoms with Crippen LogP contribution in [-0.2, 0) is 4.79 Å². The van der Waals surface area contributed by atoms with Crippen molar-refractivity contribution in [2.45, 2.75) is 64.3 Å². The van der Waals surface area contributed by atoms with Gasteiger partial charge < -0.3 is 15.7 Å². The molecular formula is C16H30N2O2. The van der Waals surface area contributed by atoms with Crippen LogP contribution in [0.1, 0.15) is 58.8 Å². The van der Waals surface area contributed by atoms with Crippen molar-refractivity contribution in [1.29, 1.82) is 0 Å². The molecule has 0 spiro atoms. The van der Waals surface area contributed by atoms with Gasteiger partial charge in [0.15, 0.2) is 0 Å². The van der Waals surface area contributed by atoms with Crippen molar-refractivity contribution < 1.29 is 9.90 Å². The molecule has 0 amide bonds. The predicted octanol–water partition coefficient (Wildman–Crippen LogP) is 2.47. The van der Waals surface area contributed by atoms with Gasteiger partial charge in [-0.3, -0.25) is 4.79 Å². The van der Waals surface area contributed by atoms with Crippen molar-refractivity contribution in [2.24, 2.45) is 17.1 Å². The molecule has 2 atom stereocenters. The highest BCUT2D eigenvalue weighted by Crippen LogP contribution is 2.39. The lowest BCUT2D eigenvalue weighted by Crippen LogP contribution is -2.51. The van der Waals surface area contributed by atoms with Crippen LogP contribution in [0.25, 0.3) is 0 Å². The Hall–Kier alpha value is -0.610. The van der Waals surface area contributed by atoms with Gasteiger partial charge in [0, 0.05) is 6.54 Å². The molecule has 3 N–H and O–H groups in total. The van der Waals surface area contributed by atoms with Crippen LogP contribution in [0.5, 0.6) is 0 Å². The van der Waals surface area contributed by atoms with Gasteiger partial charge in [0.2, 0.25) is 0 Å². The van der Waals surface area contributed by atoms with Crippen LogP contribution in [0.3, 0.4) is 0 Å². The molecule has 0 radical (unpaired) electrons. The van der Waals surface area contributed by atoms with E-state index >= 15 is 0 Å². The Labute approximate surface area is 122 Å². The highest BCUT2D eigenvalue weighted by molar-refractivity contribution is 5.79. The molecule has 1 saturated carbocycles. The van der Waals surface area contributed by atoms with E-state index in [2.05, 4.69) is 18.7 Å². The van der Waals surface area contributed by atoms with Gasteiger partial charge in [0.1, 0.15) is 5.54 Å². The second kappa shape index (κ2) is 6.02. The average Bonchev–Trinajstić information content (AvgIpc) is 3.02. The predicted molar refractivity (Wildman–Crippen MR) is 80.6 cm³/mol. The zero-order valence-corrected chi connectivity index (χ0v) is 13.0. The van der Waals surface area contributed by atoms with E-state index in [9.17, 15) is 9.90 Å². The number of carboxylic acids is 1. The third kappa shape index (κ3) is 2.86. The molecule has 4 nitrogen and oxygen atoms in total. The molecular weight excluding hydrogens is 252 g/mol. The summed E-state index contributed by atoms with van der Waals surface area (Å²) in [5, 5.41) is 9.36. The van der Waals surface area contributed by atoms with Crippen molar-refractivity contribution >= 4 is 5.97 Å². The van der Waals surface area contributed by atoms with Gasteiger partial charge in [0.25, 0.3) is 0 Å². The number of hydrogen-bond donors (Lipinski definition) is 2. The van der Waals surface area contributed by atoms with Gasteiger partial charge in [-0.15, -0.1) is 0 Å². The van der Waals surface area contributed by atoms with Crippen molar-refractivity contribution in [3.05, 3.63) is 0 Å². The van der Waals surface area contributed by atoms with E-state index < -0.39 is 11.5 Å². The number of aliphatic carboxylic acids is 1. The molecule has 2 rings (SSSR count).